The van der Waals surface area contributed by atoms with Crippen LogP contribution in [0.5, 0.6) is 0 Å². The number of esters is 1. The van der Waals surface area contributed by atoms with E-state index in [4.69, 9.17) is 9.84 Å². The molecule has 0 aromatic heterocycles. The fraction of sp³-hybridized carbons (Fsp3) is 0.935. The van der Waals surface area contributed by atoms with Gasteiger partial charge in [-0.2, -0.15) is 0 Å². The van der Waals surface area contributed by atoms with Crippen LogP contribution >= 0.6 is 0 Å². The van der Waals surface area contributed by atoms with Crippen molar-refractivity contribution in [2.45, 2.75) is 270 Å². The molecule has 0 aromatic rings. The second-order valence-electron chi connectivity index (χ2n) is 16.0. The summed E-state index contributed by atoms with van der Waals surface area (Å²) in [6.45, 7) is 4.25. The lowest BCUT2D eigenvalue weighted by Gasteiger charge is -2.18. The zero-order valence-electron chi connectivity index (χ0n) is 34.9. The van der Waals surface area contributed by atoms with Gasteiger partial charge in [0.2, 0.25) is 5.91 Å². The summed E-state index contributed by atoms with van der Waals surface area (Å²) in [6, 6.07) is 0. The van der Waals surface area contributed by atoms with Gasteiger partial charge in [0.05, 0.1) is 0 Å². The molecule has 0 saturated heterocycles. The van der Waals surface area contributed by atoms with E-state index >= 15 is 0 Å². The molecule has 0 aromatic carbocycles. The molecule has 1 amide bonds. The minimum atomic E-state index is -1.01. The molecule has 2 N–H and O–H groups in total. The van der Waals surface area contributed by atoms with Crippen LogP contribution in [-0.2, 0) is 19.1 Å². The van der Waals surface area contributed by atoms with Crippen molar-refractivity contribution in [2.24, 2.45) is 0 Å². The number of carbonyl (C=O) groups excluding carboxylic acids is 2. The van der Waals surface area contributed by atoms with Crippen molar-refractivity contribution in [1.82, 2.24) is 5.32 Å². The van der Waals surface area contributed by atoms with E-state index in [-0.39, 0.29) is 24.5 Å². The first kappa shape index (κ1) is 50.4. The van der Waals surface area contributed by atoms with Crippen LogP contribution in [-0.4, -0.2) is 35.6 Å². The summed E-state index contributed by atoms with van der Waals surface area (Å²) >= 11 is 0. The number of hydrogen-bond donors (Lipinski definition) is 2. The molecule has 0 aliphatic rings. The number of aliphatic carboxylic acids is 1. The Morgan fingerprint density at radius 2 is 0.712 bits per heavy atom. The summed E-state index contributed by atoms with van der Waals surface area (Å²) < 4.78 is 6.03. The summed E-state index contributed by atoms with van der Waals surface area (Å²) in [5.41, 5.74) is 0. The second kappa shape index (κ2) is 42.2. The molecule has 308 valence electrons. The average molecular weight is 736 g/mol. The highest BCUT2D eigenvalue weighted by molar-refractivity contribution is 5.80. The SMILES string of the molecule is CCCCCCCCCCCCCCCCCCCCCCCC(=O)OC(CCCCCCCCCCC)CCCCCCCC(=O)NCC(=O)O. The van der Waals surface area contributed by atoms with Gasteiger partial charge in [-0.3, -0.25) is 14.4 Å². The van der Waals surface area contributed by atoms with E-state index in [0.29, 0.717) is 12.8 Å². The number of hydrogen-bond acceptors (Lipinski definition) is 4. The maximum Gasteiger partial charge on any atom is 0.322 e. The monoisotopic (exact) mass is 736 g/mol. The first-order chi connectivity index (χ1) is 25.5. The number of carboxylic acid groups (broad SMARTS) is 1. The van der Waals surface area contributed by atoms with Crippen LogP contribution in [0.15, 0.2) is 0 Å². The Morgan fingerprint density at radius 3 is 1.04 bits per heavy atom. The minimum absolute atomic E-state index is 0.00824. The van der Waals surface area contributed by atoms with Crippen LogP contribution in [0.2, 0.25) is 0 Å². The lowest BCUT2D eigenvalue weighted by molar-refractivity contribution is -0.150. The Hall–Kier alpha value is -1.59. The van der Waals surface area contributed by atoms with Crippen LogP contribution in [0.25, 0.3) is 0 Å². The molecule has 0 rings (SSSR count). The molecule has 52 heavy (non-hydrogen) atoms. The maximum atomic E-state index is 12.8. The first-order valence-corrected chi connectivity index (χ1v) is 23.2. The van der Waals surface area contributed by atoms with Gasteiger partial charge in [0.15, 0.2) is 0 Å². The average Bonchev–Trinajstić information content (AvgIpc) is 3.13. The van der Waals surface area contributed by atoms with Crippen molar-refractivity contribution < 1.29 is 24.2 Å². The predicted octanol–water partition coefficient (Wildman–Crippen LogP) is 14.4. The molecule has 1 atom stereocenters. The Kier molecular flexibility index (Phi) is 40.9. The van der Waals surface area contributed by atoms with Gasteiger partial charge in [-0.15, -0.1) is 0 Å². The van der Waals surface area contributed by atoms with E-state index in [1.54, 1.807) is 0 Å². The Labute approximate surface area is 323 Å². The summed E-state index contributed by atoms with van der Waals surface area (Å²) in [5, 5.41) is 11.1. The standard InChI is InChI=1S/C46H89NO5/c1-3-5-7-9-11-13-14-15-16-17-18-19-20-21-22-23-24-26-28-33-37-41-46(51)52-43(38-34-30-27-25-12-10-8-6-4-2)39-35-31-29-32-36-40-44(48)47-42-45(49)50/h43H,3-42H2,1-2H3,(H,47,48)(H,49,50). The summed E-state index contributed by atoms with van der Waals surface area (Å²) in [6.07, 6.45) is 48.2. The molecule has 0 aliphatic heterocycles. The van der Waals surface area contributed by atoms with Gasteiger partial charge in [-0.05, 0) is 38.5 Å². The number of unbranched alkanes of at least 4 members (excludes halogenated alkanes) is 32. The van der Waals surface area contributed by atoms with E-state index < -0.39 is 5.97 Å². The molecule has 0 fully saturated rings. The van der Waals surface area contributed by atoms with E-state index in [1.807, 2.05) is 0 Å². The van der Waals surface area contributed by atoms with E-state index in [2.05, 4.69) is 19.2 Å². The largest absolute Gasteiger partial charge is 0.480 e. The molecule has 0 saturated carbocycles. The highest BCUT2D eigenvalue weighted by atomic mass is 16.5. The van der Waals surface area contributed by atoms with Gasteiger partial charge in [0, 0.05) is 12.8 Å². The van der Waals surface area contributed by atoms with Crippen LogP contribution in [0.1, 0.15) is 264 Å². The second-order valence-corrected chi connectivity index (χ2v) is 16.0. The Morgan fingerprint density at radius 1 is 0.423 bits per heavy atom. The van der Waals surface area contributed by atoms with Crippen molar-refractivity contribution >= 4 is 17.8 Å². The molecule has 6 heteroatoms. The zero-order valence-corrected chi connectivity index (χ0v) is 34.9. The van der Waals surface area contributed by atoms with Crippen molar-refractivity contribution in [3.05, 3.63) is 0 Å². The number of carboxylic acids is 1. The quantitative estimate of drug-likeness (QED) is 0.0480. The molecule has 1 unspecified atom stereocenters. The topological polar surface area (TPSA) is 92.7 Å². The van der Waals surface area contributed by atoms with Gasteiger partial charge in [0.25, 0.3) is 0 Å². The van der Waals surface area contributed by atoms with E-state index in [9.17, 15) is 14.4 Å². The smallest absolute Gasteiger partial charge is 0.322 e. The van der Waals surface area contributed by atoms with Crippen molar-refractivity contribution in [3.8, 4) is 0 Å². The predicted molar refractivity (Wildman–Crippen MR) is 222 cm³/mol. The van der Waals surface area contributed by atoms with Gasteiger partial charge in [-0.1, -0.05) is 213 Å². The highest BCUT2D eigenvalue weighted by Crippen LogP contribution is 2.19. The van der Waals surface area contributed by atoms with Crippen LogP contribution in [0.4, 0.5) is 0 Å². The van der Waals surface area contributed by atoms with Gasteiger partial charge < -0.3 is 15.2 Å². The third kappa shape index (κ3) is 41.2. The first-order valence-electron chi connectivity index (χ1n) is 23.2. The summed E-state index contributed by atoms with van der Waals surface area (Å²) in [4.78, 5) is 35.0. The van der Waals surface area contributed by atoms with Gasteiger partial charge in [-0.25, -0.2) is 0 Å². The minimum Gasteiger partial charge on any atom is -0.480 e. The van der Waals surface area contributed by atoms with Crippen LogP contribution in [0.3, 0.4) is 0 Å². The van der Waals surface area contributed by atoms with Crippen LogP contribution < -0.4 is 5.32 Å². The third-order valence-electron chi connectivity index (χ3n) is 10.8. The van der Waals surface area contributed by atoms with Crippen molar-refractivity contribution in [2.75, 3.05) is 6.54 Å². The van der Waals surface area contributed by atoms with Gasteiger partial charge in [0.1, 0.15) is 12.6 Å². The molecule has 0 radical (unpaired) electrons. The van der Waals surface area contributed by atoms with Crippen LogP contribution in [0, 0.1) is 0 Å². The Bertz CT molecular complexity index is 772. The van der Waals surface area contributed by atoms with E-state index in [0.717, 1.165) is 64.2 Å². The van der Waals surface area contributed by atoms with Gasteiger partial charge >= 0.3 is 11.9 Å². The number of amides is 1. The maximum absolute atomic E-state index is 12.8. The molecule has 6 nitrogen and oxygen atoms in total. The molecule has 0 bridgehead atoms. The normalized spacial score (nSPS) is 11.9. The number of rotatable bonds is 43. The fourth-order valence-electron chi connectivity index (χ4n) is 7.34. The number of nitrogens with one attached hydrogen (secondary N) is 1. The highest BCUT2D eigenvalue weighted by Gasteiger charge is 2.14. The molecular weight excluding hydrogens is 647 g/mol. The summed E-state index contributed by atoms with van der Waals surface area (Å²) in [5.74, 6) is -1.21. The number of ether oxygens (including phenoxy) is 1. The van der Waals surface area contributed by atoms with Crippen molar-refractivity contribution in [3.63, 3.8) is 0 Å². The lowest BCUT2D eigenvalue weighted by atomic mass is 10.0. The fourth-order valence-corrected chi connectivity index (χ4v) is 7.34. The lowest BCUT2D eigenvalue weighted by Crippen LogP contribution is -2.28. The Balaban J connectivity index is 3.92. The zero-order chi connectivity index (χ0) is 38.0. The molecule has 0 heterocycles. The van der Waals surface area contributed by atoms with Crippen molar-refractivity contribution in [1.29, 1.82) is 0 Å². The number of carbonyl (C=O) groups is 3. The molecular formula is C46H89NO5. The summed E-state index contributed by atoms with van der Waals surface area (Å²) in [7, 11) is 0. The molecule has 0 spiro atoms. The third-order valence-corrected chi connectivity index (χ3v) is 10.8. The van der Waals surface area contributed by atoms with E-state index in [1.165, 1.54) is 173 Å². The molecule has 0 aliphatic carbocycles.